The number of methoxy groups -OCH3 is 1. The van der Waals surface area contributed by atoms with Crippen molar-refractivity contribution in [1.29, 1.82) is 0 Å². The van der Waals surface area contributed by atoms with Crippen LogP contribution in [0.25, 0.3) is 11.4 Å². The Morgan fingerprint density at radius 2 is 1.86 bits per heavy atom. The molecule has 1 N–H and O–H groups in total. The van der Waals surface area contributed by atoms with Crippen LogP contribution in [0.5, 0.6) is 5.75 Å². The maximum Gasteiger partial charge on any atom is 0.226 e. The van der Waals surface area contributed by atoms with E-state index < -0.39 is 5.82 Å². The molecule has 6 nitrogen and oxygen atoms in total. The highest BCUT2D eigenvalue weighted by atomic mass is 19.1. The van der Waals surface area contributed by atoms with Crippen LogP contribution in [-0.2, 0) is 6.42 Å². The molecule has 0 unspecified atom stereocenters. The van der Waals surface area contributed by atoms with Crippen molar-refractivity contribution in [2.75, 3.05) is 33.1 Å². The highest BCUT2D eigenvalue weighted by Gasteiger charge is 2.16. The number of anilines is 1. The van der Waals surface area contributed by atoms with Gasteiger partial charge in [-0.25, -0.2) is 9.37 Å². The number of nitrogens with zero attached hydrogens (tertiary/aromatic N) is 4. The van der Waals surface area contributed by atoms with Crippen LogP contribution in [0, 0.1) is 5.82 Å². The lowest BCUT2D eigenvalue weighted by Crippen LogP contribution is -2.22. The molecule has 0 saturated heterocycles. The fourth-order valence-electron chi connectivity index (χ4n) is 3.46. The molecule has 152 valence electrons. The number of benzene rings is 1. The van der Waals surface area contributed by atoms with E-state index in [1.807, 2.05) is 14.1 Å². The van der Waals surface area contributed by atoms with Gasteiger partial charge in [0.2, 0.25) is 5.95 Å². The summed E-state index contributed by atoms with van der Waals surface area (Å²) < 4.78 is 19.2. The average Bonchev–Trinajstić information content (AvgIpc) is 2.95. The van der Waals surface area contributed by atoms with E-state index in [1.165, 1.54) is 38.9 Å². The Bertz CT molecular complexity index is 775. The van der Waals surface area contributed by atoms with Gasteiger partial charge in [0.05, 0.1) is 7.11 Å². The van der Waals surface area contributed by atoms with Crippen molar-refractivity contribution in [3.05, 3.63) is 29.8 Å². The van der Waals surface area contributed by atoms with E-state index in [2.05, 4.69) is 25.2 Å². The third-order valence-electron chi connectivity index (χ3n) is 5.06. The molecule has 0 atom stereocenters. The van der Waals surface area contributed by atoms with Crippen molar-refractivity contribution in [3.8, 4) is 17.1 Å². The van der Waals surface area contributed by atoms with E-state index in [0.29, 0.717) is 35.6 Å². The Balaban J connectivity index is 1.89. The van der Waals surface area contributed by atoms with Gasteiger partial charge in [0.25, 0.3) is 0 Å². The third-order valence-corrected chi connectivity index (χ3v) is 5.06. The number of nitrogens with one attached hydrogen (secondary N) is 1. The second-order valence-electron chi connectivity index (χ2n) is 7.63. The molecule has 28 heavy (non-hydrogen) atoms. The summed E-state index contributed by atoms with van der Waals surface area (Å²) in [6.07, 6.45) is 8.01. The molecular weight excluding hydrogens is 357 g/mol. The zero-order valence-corrected chi connectivity index (χ0v) is 17.0. The Hall–Kier alpha value is -2.28. The van der Waals surface area contributed by atoms with Gasteiger partial charge in [-0.15, -0.1) is 0 Å². The van der Waals surface area contributed by atoms with Crippen molar-refractivity contribution in [2.45, 2.75) is 51.0 Å². The van der Waals surface area contributed by atoms with Gasteiger partial charge in [0, 0.05) is 24.6 Å². The number of ether oxygens (including phenoxy) is 1. The zero-order valence-electron chi connectivity index (χ0n) is 17.0. The van der Waals surface area contributed by atoms with Gasteiger partial charge in [0.15, 0.2) is 17.4 Å². The molecular formula is C21H30FN5O. The van der Waals surface area contributed by atoms with E-state index in [-0.39, 0.29) is 5.75 Å². The SMILES string of the molecule is COc1ccc(-c2nc(CCN(C)C)nc(NC3CCCCCC3)n2)cc1F. The second kappa shape index (κ2) is 9.78. The summed E-state index contributed by atoms with van der Waals surface area (Å²) in [6.45, 7) is 0.837. The Labute approximate surface area is 166 Å². The van der Waals surface area contributed by atoms with Gasteiger partial charge >= 0.3 is 0 Å². The molecule has 7 heteroatoms. The summed E-state index contributed by atoms with van der Waals surface area (Å²) in [5.41, 5.74) is 0.621. The lowest BCUT2D eigenvalue weighted by atomic mass is 10.1. The van der Waals surface area contributed by atoms with E-state index in [9.17, 15) is 4.39 Å². The number of rotatable bonds is 7. The number of halogens is 1. The van der Waals surface area contributed by atoms with Crippen LogP contribution < -0.4 is 10.1 Å². The summed E-state index contributed by atoms with van der Waals surface area (Å²) in [6, 6.07) is 5.18. The Morgan fingerprint density at radius 1 is 1.11 bits per heavy atom. The smallest absolute Gasteiger partial charge is 0.226 e. The maximum atomic E-state index is 14.2. The number of likely N-dealkylation sites (N-methyl/N-ethyl adjacent to an activating group) is 1. The molecule has 0 spiro atoms. The average molecular weight is 388 g/mol. The van der Waals surface area contributed by atoms with Crippen LogP contribution in [0.4, 0.5) is 10.3 Å². The summed E-state index contributed by atoms with van der Waals surface area (Å²) in [5.74, 6) is 1.57. The molecule has 0 radical (unpaired) electrons. The first kappa shape index (κ1) is 20.5. The molecule has 0 aliphatic heterocycles. The molecule has 1 heterocycles. The second-order valence-corrected chi connectivity index (χ2v) is 7.63. The zero-order chi connectivity index (χ0) is 19.9. The van der Waals surface area contributed by atoms with E-state index in [0.717, 1.165) is 19.4 Å². The molecule has 2 aromatic rings. The van der Waals surface area contributed by atoms with Crippen molar-refractivity contribution in [3.63, 3.8) is 0 Å². The van der Waals surface area contributed by atoms with Crippen LogP contribution in [0.15, 0.2) is 18.2 Å². The van der Waals surface area contributed by atoms with Gasteiger partial charge in [-0.3, -0.25) is 0 Å². The van der Waals surface area contributed by atoms with Gasteiger partial charge in [-0.2, -0.15) is 9.97 Å². The maximum absolute atomic E-state index is 14.2. The molecule has 1 aromatic carbocycles. The van der Waals surface area contributed by atoms with Crippen LogP contribution >= 0.6 is 0 Å². The fourth-order valence-corrected chi connectivity index (χ4v) is 3.46. The minimum atomic E-state index is -0.423. The predicted molar refractivity (Wildman–Crippen MR) is 109 cm³/mol. The predicted octanol–water partition coefficient (Wildman–Crippen LogP) is 3.93. The summed E-state index contributed by atoms with van der Waals surface area (Å²) in [7, 11) is 5.49. The quantitative estimate of drug-likeness (QED) is 0.727. The van der Waals surface area contributed by atoms with Crippen molar-refractivity contribution >= 4 is 5.95 Å². The molecule has 1 aliphatic rings. The summed E-state index contributed by atoms with van der Waals surface area (Å²) in [5, 5.41) is 3.50. The number of aromatic nitrogens is 3. The third kappa shape index (κ3) is 5.61. The van der Waals surface area contributed by atoms with E-state index in [4.69, 9.17) is 4.74 Å². The minimum Gasteiger partial charge on any atom is -0.494 e. The van der Waals surface area contributed by atoms with E-state index >= 15 is 0 Å². The summed E-state index contributed by atoms with van der Waals surface area (Å²) in [4.78, 5) is 15.9. The molecule has 1 fully saturated rings. The lowest BCUT2D eigenvalue weighted by molar-refractivity contribution is 0.386. The first-order valence-electron chi connectivity index (χ1n) is 10.1. The van der Waals surface area contributed by atoms with Gasteiger partial charge < -0.3 is 15.0 Å². The van der Waals surface area contributed by atoms with Gasteiger partial charge in [0.1, 0.15) is 5.82 Å². The first-order chi connectivity index (χ1) is 13.5. The van der Waals surface area contributed by atoms with Crippen LogP contribution in [0.1, 0.15) is 44.3 Å². The highest BCUT2D eigenvalue weighted by Crippen LogP contribution is 2.25. The molecule has 1 aliphatic carbocycles. The molecule has 1 saturated carbocycles. The monoisotopic (exact) mass is 387 g/mol. The summed E-state index contributed by atoms with van der Waals surface area (Å²) >= 11 is 0. The lowest BCUT2D eigenvalue weighted by Gasteiger charge is -2.17. The fraction of sp³-hybridized carbons (Fsp3) is 0.571. The van der Waals surface area contributed by atoms with Crippen molar-refractivity contribution in [2.24, 2.45) is 0 Å². The molecule has 0 bridgehead atoms. The highest BCUT2D eigenvalue weighted by molar-refractivity contribution is 5.58. The number of hydrogen-bond donors (Lipinski definition) is 1. The molecule has 0 amide bonds. The van der Waals surface area contributed by atoms with Crippen LogP contribution in [0.3, 0.4) is 0 Å². The van der Waals surface area contributed by atoms with Crippen molar-refractivity contribution in [1.82, 2.24) is 19.9 Å². The van der Waals surface area contributed by atoms with Gasteiger partial charge in [-0.1, -0.05) is 25.7 Å². The Morgan fingerprint density at radius 3 is 2.50 bits per heavy atom. The largest absolute Gasteiger partial charge is 0.494 e. The molecule has 1 aromatic heterocycles. The topological polar surface area (TPSA) is 63.2 Å². The minimum absolute atomic E-state index is 0.211. The van der Waals surface area contributed by atoms with Crippen LogP contribution in [-0.4, -0.2) is 53.6 Å². The van der Waals surface area contributed by atoms with E-state index in [1.54, 1.807) is 12.1 Å². The normalized spacial score (nSPS) is 15.5. The van der Waals surface area contributed by atoms with Crippen LogP contribution in [0.2, 0.25) is 0 Å². The number of hydrogen-bond acceptors (Lipinski definition) is 6. The standard InChI is InChI=1S/C21H30FN5O/c1-27(2)13-12-19-24-20(15-10-11-18(28-3)17(22)14-15)26-21(25-19)23-16-8-6-4-5-7-9-16/h10-11,14,16H,4-9,12-13H2,1-3H3,(H,23,24,25,26). The Kier molecular flexibility index (Phi) is 7.14. The van der Waals surface area contributed by atoms with Crippen molar-refractivity contribution < 1.29 is 9.13 Å². The first-order valence-corrected chi connectivity index (χ1v) is 10.1. The molecule has 3 rings (SSSR count). The van der Waals surface area contributed by atoms with Gasteiger partial charge in [-0.05, 0) is 45.1 Å².